The summed E-state index contributed by atoms with van der Waals surface area (Å²) < 4.78 is 14.1. The molecule has 0 fully saturated rings. The molecule has 7 nitrogen and oxygen atoms in total. The fourth-order valence-electron chi connectivity index (χ4n) is 3.04. The summed E-state index contributed by atoms with van der Waals surface area (Å²) in [7, 11) is 0. The van der Waals surface area contributed by atoms with Crippen LogP contribution in [-0.4, -0.2) is 33.6 Å². The van der Waals surface area contributed by atoms with E-state index in [4.69, 9.17) is 5.11 Å². The average Bonchev–Trinajstić information content (AvgIpc) is 2.57. The van der Waals surface area contributed by atoms with Gasteiger partial charge in [0.2, 0.25) is 0 Å². The molecule has 0 bridgehead atoms. The van der Waals surface area contributed by atoms with Crippen molar-refractivity contribution in [1.82, 2.24) is 10.3 Å². The van der Waals surface area contributed by atoms with E-state index in [1.807, 2.05) is 5.32 Å². The van der Waals surface area contributed by atoms with Crippen LogP contribution in [0, 0.1) is 11.2 Å². The van der Waals surface area contributed by atoms with Gasteiger partial charge >= 0.3 is 5.97 Å². The van der Waals surface area contributed by atoms with Gasteiger partial charge in [-0.05, 0) is 42.4 Å². The Morgan fingerprint density at radius 3 is 2.50 bits per heavy atom. The van der Waals surface area contributed by atoms with Crippen molar-refractivity contribution in [3.05, 3.63) is 39.4 Å². The van der Waals surface area contributed by atoms with E-state index in [1.54, 1.807) is 0 Å². The molecule has 0 aliphatic carbocycles. The molecule has 4 N–H and O–H groups in total. The molecule has 1 heterocycles. The zero-order valence-corrected chi connectivity index (χ0v) is 16.2. The van der Waals surface area contributed by atoms with Gasteiger partial charge in [0.25, 0.3) is 11.5 Å². The van der Waals surface area contributed by atoms with Crippen molar-refractivity contribution in [3.8, 4) is 5.75 Å². The third kappa shape index (κ3) is 5.31. The fraction of sp³-hybridized carbons (Fsp3) is 0.450. The number of aromatic hydroxyl groups is 1. The molecular formula is C20H25FN2O5. The maximum Gasteiger partial charge on any atom is 0.322 e. The second-order valence-corrected chi connectivity index (χ2v) is 8.01. The number of carboxylic acid groups (broad SMARTS) is 1. The Morgan fingerprint density at radius 2 is 1.89 bits per heavy atom. The van der Waals surface area contributed by atoms with Crippen LogP contribution in [0.2, 0.25) is 0 Å². The highest BCUT2D eigenvalue weighted by Crippen LogP contribution is 2.29. The van der Waals surface area contributed by atoms with E-state index in [2.05, 4.69) is 25.8 Å². The lowest BCUT2D eigenvalue weighted by molar-refractivity contribution is -0.135. The van der Waals surface area contributed by atoms with Gasteiger partial charge < -0.3 is 20.5 Å². The standard InChI is InChI=1S/C20H25FN2O5/c1-20(2,3)7-5-4-6-11-8-12(21)9-13-16(11)23-19(28)15(17(13)26)18(27)22-10-14(24)25/h8-9H,4-7,10H2,1-3H3,(H,22,27)(H,24,25)(H2,23,26,28). The lowest BCUT2D eigenvalue weighted by atomic mass is 9.89. The second-order valence-electron chi connectivity index (χ2n) is 8.01. The van der Waals surface area contributed by atoms with Crippen LogP contribution in [0.4, 0.5) is 4.39 Å². The molecule has 2 aromatic rings. The van der Waals surface area contributed by atoms with Crippen molar-refractivity contribution < 1.29 is 24.2 Å². The van der Waals surface area contributed by atoms with Crippen LogP contribution < -0.4 is 10.9 Å². The van der Waals surface area contributed by atoms with E-state index in [-0.39, 0.29) is 16.3 Å². The van der Waals surface area contributed by atoms with Crippen molar-refractivity contribution in [3.63, 3.8) is 0 Å². The quantitative estimate of drug-likeness (QED) is 0.540. The van der Waals surface area contributed by atoms with Crippen LogP contribution in [-0.2, 0) is 11.2 Å². The van der Waals surface area contributed by atoms with Gasteiger partial charge in [-0.2, -0.15) is 0 Å². The number of hydrogen-bond donors (Lipinski definition) is 4. The van der Waals surface area contributed by atoms with Gasteiger partial charge in [0.1, 0.15) is 23.7 Å². The number of fused-ring (bicyclic) bond motifs is 1. The molecule has 0 saturated carbocycles. The fourth-order valence-corrected chi connectivity index (χ4v) is 3.04. The summed E-state index contributed by atoms with van der Waals surface area (Å²) >= 11 is 0. The molecule has 1 aromatic heterocycles. The number of amides is 1. The lowest BCUT2D eigenvalue weighted by Crippen LogP contribution is -2.33. The van der Waals surface area contributed by atoms with Crippen LogP contribution in [0.15, 0.2) is 16.9 Å². The highest BCUT2D eigenvalue weighted by molar-refractivity contribution is 6.03. The van der Waals surface area contributed by atoms with Crippen LogP contribution in [0.1, 0.15) is 56.0 Å². The third-order valence-corrected chi connectivity index (χ3v) is 4.39. The largest absolute Gasteiger partial charge is 0.506 e. The Balaban J connectivity index is 2.38. The van der Waals surface area contributed by atoms with Crippen molar-refractivity contribution in [2.24, 2.45) is 5.41 Å². The normalized spacial score (nSPS) is 11.6. The van der Waals surface area contributed by atoms with E-state index >= 15 is 0 Å². The lowest BCUT2D eigenvalue weighted by Gasteiger charge is -2.17. The summed E-state index contributed by atoms with van der Waals surface area (Å²) in [6.45, 7) is 5.70. The zero-order chi connectivity index (χ0) is 21.1. The minimum Gasteiger partial charge on any atom is -0.506 e. The Morgan fingerprint density at radius 1 is 1.21 bits per heavy atom. The molecular weight excluding hydrogens is 367 g/mol. The van der Waals surface area contributed by atoms with Gasteiger partial charge in [-0.3, -0.25) is 14.4 Å². The summed E-state index contributed by atoms with van der Waals surface area (Å²) in [6, 6.07) is 2.34. The Kier molecular flexibility index (Phi) is 6.43. The number of aliphatic carboxylic acids is 1. The van der Waals surface area contributed by atoms with Gasteiger partial charge in [-0.15, -0.1) is 0 Å². The summed E-state index contributed by atoms with van der Waals surface area (Å²) in [5.74, 6) is -3.61. The molecule has 152 valence electrons. The van der Waals surface area contributed by atoms with Crippen molar-refractivity contribution in [2.75, 3.05) is 6.54 Å². The van der Waals surface area contributed by atoms with E-state index in [1.165, 1.54) is 6.07 Å². The number of H-pyrrole nitrogens is 1. The predicted molar refractivity (Wildman–Crippen MR) is 103 cm³/mol. The highest BCUT2D eigenvalue weighted by Gasteiger charge is 2.21. The molecule has 0 unspecified atom stereocenters. The van der Waals surface area contributed by atoms with Crippen LogP contribution in [0.3, 0.4) is 0 Å². The topological polar surface area (TPSA) is 119 Å². The number of pyridine rings is 1. The number of benzene rings is 1. The molecule has 0 spiro atoms. The van der Waals surface area contributed by atoms with Crippen LogP contribution in [0.5, 0.6) is 5.75 Å². The van der Waals surface area contributed by atoms with E-state index < -0.39 is 41.1 Å². The van der Waals surface area contributed by atoms with Crippen molar-refractivity contribution >= 4 is 22.8 Å². The summed E-state index contributed by atoms with van der Waals surface area (Å²) in [6.07, 6.45) is 3.20. The summed E-state index contributed by atoms with van der Waals surface area (Å²) in [4.78, 5) is 37.5. The Hall–Kier alpha value is -2.90. The number of carboxylic acids is 1. The second kappa shape index (κ2) is 8.41. The Bertz CT molecular complexity index is 960. The molecule has 8 heteroatoms. The van der Waals surface area contributed by atoms with Gasteiger partial charge in [-0.1, -0.05) is 27.2 Å². The summed E-state index contributed by atoms with van der Waals surface area (Å²) in [5.41, 5.74) is -0.508. The zero-order valence-electron chi connectivity index (χ0n) is 16.2. The third-order valence-electron chi connectivity index (χ3n) is 4.39. The number of aromatic amines is 1. The number of aryl methyl sites for hydroxylation is 1. The smallest absolute Gasteiger partial charge is 0.322 e. The molecule has 0 atom stereocenters. The number of halogens is 1. The van der Waals surface area contributed by atoms with Gasteiger partial charge in [0, 0.05) is 5.39 Å². The first-order chi connectivity index (χ1) is 13.0. The van der Waals surface area contributed by atoms with Crippen LogP contribution in [0.25, 0.3) is 10.9 Å². The van der Waals surface area contributed by atoms with Crippen molar-refractivity contribution in [2.45, 2.75) is 46.5 Å². The first-order valence-electron chi connectivity index (χ1n) is 9.07. The maximum atomic E-state index is 14.1. The number of carbonyl (C=O) groups is 2. The number of nitrogens with one attached hydrogen (secondary N) is 2. The number of unbranched alkanes of at least 4 members (excludes halogenated alkanes) is 1. The van der Waals surface area contributed by atoms with Crippen LogP contribution >= 0.6 is 0 Å². The predicted octanol–water partition coefficient (Wildman–Crippen LogP) is 2.95. The van der Waals surface area contributed by atoms with Gasteiger partial charge in [0.05, 0.1) is 5.52 Å². The first kappa shape index (κ1) is 21.4. The van der Waals surface area contributed by atoms with Gasteiger partial charge in [-0.25, -0.2) is 4.39 Å². The average molecular weight is 392 g/mol. The maximum absolute atomic E-state index is 14.1. The molecule has 2 rings (SSSR count). The van der Waals surface area contributed by atoms with E-state index in [0.29, 0.717) is 12.0 Å². The molecule has 0 radical (unpaired) electrons. The number of aromatic nitrogens is 1. The van der Waals surface area contributed by atoms with Crippen molar-refractivity contribution in [1.29, 1.82) is 0 Å². The summed E-state index contributed by atoms with van der Waals surface area (Å²) in [5, 5.41) is 21.1. The Labute approximate surface area is 161 Å². The van der Waals surface area contributed by atoms with E-state index in [0.717, 1.165) is 25.3 Å². The first-order valence-corrected chi connectivity index (χ1v) is 9.07. The molecule has 1 amide bonds. The minimum atomic E-state index is -1.30. The number of carbonyl (C=O) groups excluding carboxylic acids is 1. The molecule has 0 saturated heterocycles. The number of rotatable bonds is 7. The monoisotopic (exact) mass is 392 g/mol. The molecule has 28 heavy (non-hydrogen) atoms. The minimum absolute atomic E-state index is 0.00546. The van der Waals surface area contributed by atoms with E-state index in [9.17, 15) is 23.9 Å². The SMILES string of the molecule is CC(C)(C)CCCCc1cc(F)cc2c(O)c(C(=O)NCC(=O)O)c(=O)[nH]c12. The molecule has 1 aromatic carbocycles. The molecule has 0 aliphatic heterocycles. The number of hydrogen-bond acceptors (Lipinski definition) is 4. The molecule has 0 aliphatic rings. The highest BCUT2D eigenvalue weighted by atomic mass is 19.1. The van der Waals surface area contributed by atoms with Gasteiger partial charge in [0.15, 0.2) is 0 Å².